The summed E-state index contributed by atoms with van der Waals surface area (Å²) in [6, 6.07) is 7.25. The number of nitrogens with one attached hydrogen (secondary N) is 1. The number of thiocarbonyl (C=S) groups is 1. The monoisotopic (exact) mass is 381 g/mol. The van der Waals surface area contributed by atoms with Crippen molar-refractivity contribution in [2.45, 2.75) is 12.8 Å². The van der Waals surface area contributed by atoms with Gasteiger partial charge in [-0.1, -0.05) is 11.6 Å². The minimum atomic E-state index is -0.103. The zero-order chi connectivity index (χ0) is 17.1. The maximum absolute atomic E-state index is 12.7. The zero-order valence-corrected chi connectivity index (χ0v) is 15.4. The van der Waals surface area contributed by atoms with Crippen LogP contribution in [0.3, 0.4) is 0 Å². The number of benzene rings is 1. The standard InChI is InChI=1S/C15H16ClN5OS2/c1-17-15(23)18-13-12(14(22)20-8-2-3-9-20)19-21(24-13)11-6-4-10(16)5-7-11/h4-7H,2-3,8-9H2,1H3,(H,17,23). The second-order valence-electron chi connectivity index (χ2n) is 5.26. The van der Waals surface area contributed by atoms with E-state index in [0.717, 1.165) is 31.6 Å². The Labute approximate surface area is 153 Å². The molecule has 1 aliphatic rings. The van der Waals surface area contributed by atoms with Crippen molar-refractivity contribution >= 4 is 46.4 Å². The lowest BCUT2D eigenvalue weighted by Crippen LogP contribution is -2.32. The van der Waals surface area contributed by atoms with Gasteiger partial charge in [0.25, 0.3) is 5.91 Å². The van der Waals surface area contributed by atoms with Crippen LogP contribution < -0.4 is 9.99 Å². The van der Waals surface area contributed by atoms with Gasteiger partial charge in [-0.3, -0.25) is 4.79 Å². The summed E-state index contributed by atoms with van der Waals surface area (Å²) in [6.07, 6.45) is 2.04. The largest absolute Gasteiger partial charge is 0.364 e. The lowest BCUT2D eigenvalue weighted by molar-refractivity contribution is 0.0785. The summed E-state index contributed by atoms with van der Waals surface area (Å²) in [5, 5.41) is 8.22. The normalized spacial score (nSPS) is 14.9. The van der Waals surface area contributed by atoms with Crippen LogP contribution in [0.2, 0.25) is 5.02 Å². The molecular formula is C15H16ClN5OS2. The fourth-order valence-electron chi connectivity index (χ4n) is 2.38. The van der Waals surface area contributed by atoms with E-state index < -0.39 is 0 Å². The van der Waals surface area contributed by atoms with E-state index in [0.29, 0.717) is 20.5 Å². The molecule has 0 bridgehead atoms. The van der Waals surface area contributed by atoms with E-state index in [1.807, 2.05) is 17.0 Å². The van der Waals surface area contributed by atoms with Crippen molar-refractivity contribution in [3.63, 3.8) is 0 Å². The molecule has 0 radical (unpaired) electrons. The third-order valence-electron chi connectivity index (χ3n) is 3.63. The molecule has 1 N–H and O–H groups in total. The van der Waals surface area contributed by atoms with Gasteiger partial charge in [-0.05, 0) is 60.9 Å². The minimum Gasteiger partial charge on any atom is -0.364 e. The number of carbonyl (C=O) groups excluding carboxylic acids is 1. The molecule has 3 rings (SSSR count). The molecule has 0 spiro atoms. The number of carbonyl (C=O) groups is 1. The predicted molar refractivity (Wildman–Crippen MR) is 98.8 cm³/mol. The second kappa shape index (κ2) is 7.42. The molecule has 1 aliphatic heterocycles. The molecule has 1 saturated heterocycles. The van der Waals surface area contributed by atoms with Crippen LogP contribution in [0.1, 0.15) is 23.3 Å². The van der Waals surface area contributed by atoms with Crippen molar-refractivity contribution in [1.29, 1.82) is 0 Å². The first-order chi connectivity index (χ1) is 11.6. The predicted octanol–water partition coefficient (Wildman–Crippen LogP) is 2.23. The summed E-state index contributed by atoms with van der Waals surface area (Å²) in [5.74, 6) is -0.103. The summed E-state index contributed by atoms with van der Waals surface area (Å²) in [6.45, 7) is 1.51. The first-order valence-electron chi connectivity index (χ1n) is 7.51. The molecule has 1 aromatic carbocycles. The van der Waals surface area contributed by atoms with E-state index in [9.17, 15) is 4.79 Å². The third kappa shape index (κ3) is 3.66. The average Bonchev–Trinajstić information content (AvgIpc) is 3.24. The number of halogens is 1. The molecule has 2 aromatic rings. The Morgan fingerprint density at radius 3 is 2.62 bits per heavy atom. The van der Waals surface area contributed by atoms with Gasteiger partial charge < -0.3 is 10.2 Å². The van der Waals surface area contributed by atoms with Crippen LogP contribution in [-0.4, -0.2) is 45.2 Å². The summed E-state index contributed by atoms with van der Waals surface area (Å²) < 4.78 is 2.16. The Balaban J connectivity index is 2.05. The molecule has 1 aromatic heterocycles. The highest BCUT2D eigenvalue weighted by Crippen LogP contribution is 2.15. The quantitative estimate of drug-likeness (QED) is 0.810. The van der Waals surface area contributed by atoms with Crippen LogP contribution in [0.5, 0.6) is 0 Å². The summed E-state index contributed by atoms with van der Waals surface area (Å²) >= 11 is 12.3. The molecule has 0 aliphatic carbocycles. The lowest BCUT2D eigenvalue weighted by Gasteiger charge is -2.12. The van der Waals surface area contributed by atoms with Crippen LogP contribution in [0.4, 0.5) is 0 Å². The number of amides is 1. The first kappa shape index (κ1) is 17.1. The molecule has 0 atom stereocenters. The van der Waals surface area contributed by atoms with Crippen molar-refractivity contribution in [3.8, 4) is 5.69 Å². The van der Waals surface area contributed by atoms with Gasteiger partial charge in [0.1, 0.15) is 0 Å². The summed E-state index contributed by atoms with van der Waals surface area (Å²) in [5.41, 5.74) is 1.14. The Hall–Kier alpha value is -1.77. The zero-order valence-electron chi connectivity index (χ0n) is 13.0. The van der Waals surface area contributed by atoms with Crippen molar-refractivity contribution < 1.29 is 4.79 Å². The minimum absolute atomic E-state index is 0.103. The van der Waals surface area contributed by atoms with Crippen molar-refractivity contribution in [3.05, 3.63) is 39.7 Å². The molecule has 1 amide bonds. The molecule has 9 heteroatoms. The van der Waals surface area contributed by atoms with Gasteiger partial charge in [-0.2, -0.15) is 4.07 Å². The Morgan fingerprint density at radius 1 is 1.33 bits per heavy atom. The fourth-order valence-corrected chi connectivity index (χ4v) is 3.52. The van der Waals surface area contributed by atoms with E-state index in [1.165, 1.54) is 11.5 Å². The highest BCUT2D eigenvalue weighted by molar-refractivity contribution is 7.80. The number of nitrogens with zero attached hydrogens (tertiary/aromatic N) is 4. The highest BCUT2D eigenvalue weighted by atomic mass is 35.5. The van der Waals surface area contributed by atoms with E-state index in [-0.39, 0.29) is 5.91 Å². The first-order valence-corrected chi connectivity index (χ1v) is 9.07. The van der Waals surface area contributed by atoms with Gasteiger partial charge in [0.15, 0.2) is 15.5 Å². The third-order valence-corrected chi connectivity index (χ3v) is 5.10. The van der Waals surface area contributed by atoms with Gasteiger partial charge in [0, 0.05) is 25.2 Å². The number of hydrogen-bond acceptors (Lipinski definition) is 4. The SMILES string of the molecule is CNC(=S)N=c1sn(-c2ccc(Cl)cc2)nc1C(=O)N1CCCC1. The summed E-state index contributed by atoms with van der Waals surface area (Å²) in [7, 11) is 1.70. The Kier molecular flexibility index (Phi) is 5.27. The van der Waals surface area contributed by atoms with Gasteiger partial charge in [-0.15, -0.1) is 5.10 Å². The van der Waals surface area contributed by atoms with Crippen LogP contribution in [0.15, 0.2) is 29.3 Å². The maximum atomic E-state index is 12.7. The van der Waals surface area contributed by atoms with E-state index in [2.05, 4.69) is 15.4 Å². The van der Waals surface area contributed by atoms with Gasteiger partial charge >= 0.3 is 0 Å². The van der Waals surface area contributed by atoms with Crippen molar-refractivity contribution in [2.24, 2.45) is 4.99 Å². The molecule has 6 nitrogen and oxygen atoms in total. The van der Waals surface area contributed by atoms with Crippen LogP contribution in [-0.2, 0) is 0 Å². The van der Waals surface area contributed by atoms with Crippen LogP contribution in [0, 0.1) is 0 Å². The van der Waals surface area contributed by atoms with E-state index in [4.69, 9.17) is 23.8 Å². The lowest BCUT2D eigenvalue weighted by atomic mass is 10.3. The topological polar surface area (TPSA) is 62.5 Å². The average molecular weight is 382 g/mol. The van der Waals surface area contributed by atoms with Gasteiger partial charge in [0.2, 0.25) is 0 Å². The number of hydrogen-bond donors (Lipinski definition) is 1. The smallest absolute Gasteiger partial charge is 0.277 e. The Morgan fingerprint density at radius 2 is 2.00 bits per heavy atom. The Bertz CT molecular complexity index is 821. The van der Waals surface area contributed by atoms with Crippen molar-refractivity contribution in [1.82, 2.24) is 19.4 Å². The van der Waals surface area contributed by atoms with Crippen molar-refractivity contribution in [2.75, 3.05) is 20.1 Å². The van der Waals surface area contributed by atoms with Crippen LogP contribution >= 0.6 is 35.4 Å². The van der Waals surface area contributed by atoms with E-state index >= 15 is 0 Å². The molecule has 0 unspecified atom stereocenters. The second-order valence-corrected chi connectivity index (χ2v) is 7.00. The molecular weight excluding hydrogens is 366 g/mol. The molecule has 0 saturated carbocycles. The molecule has 126 valence electrons. The van der Waals surface area contributed by atoms with Gasteiger partial charge in [-0.25, -0.2) is 4.99 Å². The number of rotatable bonds is 2. The molecule has 1 fully saturated rings. The van der Waals surface area contributed by atoms with E-state index in [1.54, 1.807) is 23.3 Å². The molecule has 2 heterocycles. The number of aromatic nitrogens is 2. The van der Waals surface area contributed by atoms with Crippen LogP contribution in [0.25, 0.3) is 5.69 Å². The molecule has 24 heavy (non-hydrogen) atoms. The highest BCUT2D eigenvalue weighted by Gasteiger charge is 2.24. The van der Waals surface area contributed by atoms with Gasteiger partial charge in [0.05, 0.1) is 5.69 Å². The number of likely N-dealkylation sites (tertiary alicyclic amines) is 1. The summed E-state index contributed by atoms with van der Waals surface area (Å²) in [4.78, 5) is 18.9. The fraction of sp³-hybridized carbons (Fsp3) is 0.333. The maximum Gasteiger partial charge on any atom is 0.277 e.